The van der Waals surface area contributed by atoms with Crippen molar-refractivity contribution < 1.29 is 14.3 Å². The van der Waals surface area contributed by atoms with Gasteiger partial charge in [-0.15, -0.1) is 0 Å². The summed E-state index contributed by atoms with van der Waals surface area (Å²) in [5.41, 5.74) is 6.30. The van der Waals surface area contributed by atoms with Gasteiger partial charge in [-0.3, -0.25) is 19.5 Å². The molecule has 7 heteroatoms. The van der Waals surface area contributed by atoms with E-state index in [0.29, 0.717) is 18.6 Å². The van der Waals surface area contributed by atoms with Gasteiger partial charge in [0.1, 0.15) is 5.92 Å². The number of methoxy groups -OCH3 is 1. The van der Waals surface area contributed by atoms with Crippen molar-refractivity contribution in [2.75, 3.05) is 25.5 Å². The molecule has 0 bridgehead atoms. The fourth-order valence-electron chi connectivity index (χ4n) is 4.51. The van der Waals surface area contributed by atoms with Gasteiger partial charge in [0.2, 0.25) is 5.91 Å². The number of halogens is 1. The summed E-state index contributed by atoms with van der Waals surface area (Å²) >= 11 is 3.49. The van der Waals surface area contributed by atoms with Crippen LogP contribution in [-0.2, 0) is 27.3 Å². The van der Waals surface area contributed by atoms with Crippen molar-refractivity contribution >= 4 is 44.9 Å². The lowest BCUT2D eigenvalue weighted by atomic mass is 9.90. The van der Waals surface area contributed by atoms with Gasteiger partial charge in [-0.2, -0.15) is 0 Å². The first-order valence-electron chi connectivity index (χ1n) is 12.6. The van der Waals surface area contributed by atoms with Crippen LogP contribution < -0.4 is 5.32 Å². The van der Waals surface area contributed by atoms with E-state index in [2.05, 4.69) is 52.1 Å². The number of hydrogen-bond acceptors (Lipinski definition) is 5. The zero-order valence-corrected chi connectivity index (χ0v) is 23.0. The Morgan fingerprint density at radius 1 is 1.00 bits per heavy atom. The lowest BCUT2D eigenvalue weighted by Gasteiger charge is -2.18. The molecule has 6 nitrogen and oxygen atoms in total. The van der Waals surface area contributed by atoms with E-state index in [1.165, 1.54) is 12.7 Å². The van der Waals surface area contributed by atoms with Crippen LogP contribution in [0.2, 0.25) is 0 Å². The molecule has 1 aliphatic heterocycles. The van der Waals surface area contributed by atoms with Crippen LogP contribution in [0, 0.1) is 0 Å². The van der Waals surface area contributed by atoms with E-state index in [-0.39, 0.29) is 11.9 Å². The van der Waals surface area contributed by atoms with E-state index in [1.807, 2.05) is 54.6 Å². The number of aryl methyl sites for hydroxylation is 1. The second-order valence-corrected chi connectivity index (χ2v) is 9.97. The number of rotatable bonds is 10. The minimum absolute atomic E-state index is 0.0974. The Labute approximate surface area is 226 Å². The Kier molecular flexibility index (Phi) is 8.90. The number of anilines is 1. The summed E-state index contributed by atoms with van der Waals surface area (Å²) in [6.45, 7) is 7.23. The number of fused-ring (bicyclic) bond motifs is 1. The number of hydrogen-bond donors (Lipinski definition) is 1. The van der Waals surface area contributed by atoms with Crippen LogP contribution in [0.3, 0.4) is 0 Å². The van der Waals surface area contributed by atoms with Crippen molar-refractivity contribution in [3.63, 3.8) is 0 Å². The zero-order chi connectivity index (χ0) is 26.4. The number of carbonyl (C=O) groups is 2. The lowest BCUT2D eigenvalue weighted by Crippen LogP contribution is -2.22. The molecule has 192 valence electrons. The molecule has 37 heavy (non-hydrogen) atoms. The first kappa shape index (κ1) is 26.8. The van der Waals surface area contributed by atoms with Crippen molar-refractivity contribution in [3.8, 4) is 0 Å². The van der Waals surface area contributed by atoms with Crippen molar-refractivity contribution in [2.45, 2.75) is 39.2 Å². The van der Waals surface area contributed by atoms with Gasteiger partial charge in [0.15, 0.2) is 0 Å². The van der Waals surface area contributed by atoms with E-state index in [4.69, 9.17) is 9.73 Å². The Balaban J connectivity index is 1.69. The maximum absolute atomic E-state index is 13.2. The van der Waals surface area contributed by atoms with Gasteiger partial charge < -0.3 is 10.1 Å². The SMILES string of the molecule is CCN(CC)Cc1ccc(N=C(c2ccc(CCC(=O)OC)cc2)C2C(=O)Nc3cc(Br)ccc32)cc1. The van der Waals surface area contributed by atoms with Gasteiger partial charge in [-0.25, -0.2) is 0 Å². The highest BCUT2D eigenvalue weighted by atomic mass is 79.9. The van der Waals surface area contributed by atoms with Gasteiger partial charge in [-0.05, 0) is 66.0 Å². The Bertz CT molecular complexity index is 1280. The summed E-state index contributed by atoms with van der Waals surface area (Å²) in [4.78, 5) is 32.1. The molecule has 0 fully saturated rings. The van der Waals surface area contributed by atoms with Crippen molar-refractivity contribution in [2.24, 2.45) is 4.99 Å². The molecule has 0 saturated carbocycles. The van der Waals surface area contributed by atoms with Crippen LogP contribution in [0.4, 0.5) is 11.4 Å². The van der Waals surface area contributed by atoms with Crippen LogP contribution >= 0.6 is 15.9 Å². The number of ether oxygens (including phenoxy) is 1. The fourth-order valence-corrected chi connectivity index (χ4v) is 4.87. The molecule has 0 saturated heterocycles. The summed E-state index contributed by atoms with van der Waals surface area (Å²) in [6, 6.07) is 22.0. The molecule has 4 rings (SSSR count). The normalized spacial score (nSPS) is 15.0. The number of amides is 1. The zero-order valence-electron chi connectivity index (χ0n) is 21.5. The molecule has 0 spiro atoms. The highest BCUT2D eigenvalue weighted by molar-refractivity contribution is 9.10. The monoisotopic (exact) mass is 561 g/mol. The molecular formula is C30H32BrN3O3. The standard InChI is InChI=1S/C30H32BrN3O3/c1-4-34(5-2)19-21-8-14-24(15-9-21)32-29(22-11-6-20(7-12-22)10-17-27(35)37-3)28-25-16-13-23(31)18-26(25)33-30(28)36/h6-9,11-16,18,28H,4-5,10,17,19H2,1-3H3,(H,33,36). The van der Waals surface area contributed by atoms with Crippen LogP contribution in [0.5, 0.6) is 0 Å². The third-order valence-corrected chi connectivity index (χ3v) is 7.19. The predicted octanol–water partition coefficient (Wildman–Crippen LogP) is 6.25. The average Bonchev–Trinajstić information content (AvgIpc) is 3.24. The fraction of sp³-hybridized carbons (Fsp3) is 0.300. The molecular weight excluding hydrogens is 530 g/mol. The molecule has 0 radical (unpaired) electrons. The third-order valence-electron chi connectivity index (χ3n) is 6.70. The van der Waals surface area contributed by atoms with Crippen molar-refractivity contribution in [1.29, 1.82) is 0 Å². The number of nitrogens with zero attached hydrogens (tertiary/aromatic N) is 2. The highest BCUT2D eigenvalue weighted by Crippen LogP contribution is 2.38. The number of benzene rings is 3. The summed E-state index contributed by atoms with van der Waals surface area (Å²) < 4.78 is 5.66. The molecule has 1 atom stereocenters. The van der Waals surface area contributed by atoms with Crippen LogP contribution in [0.1, 0.15) is 48.4 Å². The lowest BCUT2D eigenvalue weighted by molar-refractivity contribution is -0.140. The number of carbonyl (C=O) groups excluding carboxylic acids is 2. The first-order chi connectivity index (χ1) is 17.9. The quantitative estimate of drug-likeness (QED) is 0.234. The average molecular weight is 563 g/mol. The topological polar surface area (TPSA) is 71.0 Å². The molecule has 3 aromatic rings. The summed E-state index contributed by atoms with van der Waals surface area (Å²) in [5.74, 6) is -0.861. The van der Waals surface area contributed by atoms with Crippen molar-refractivity contribution in [1.82, 2.24) is 4.90 Å². The number of esters is 1. The maximum Gasteiger partial charge on any atom is 0.305 e. The van der Waals surface area contributed by atoms with Crippen LogP contribution in [0.15, 0.2) is 76.2 Å². The van der Waals surface area contributed by atoms with E-state index in [9.17, 15) is 9.59 Å². The maximum atomic E-state index is 13.2. The molecule has 1 unspecified atom stereocenters. The van der Waals surface area contributed by atoms with Gasteiger partial charge in [0.05, 0.1) is 18.5 Å². The Morgan fingerprint density at radius 2 is 1.68 bits per heavy atom. The van der Waals surface area contributed by atoms with Gasteiger partial charge in [-0.1, -0.05) is 72.2 Å². The minimum Gasteiger partial charge on any atom is -0.469 e. The largest absolute Gasteiger partial charge is 0.469 e. The molecule has 0 aliphatic carbocycles. The van der Waals surface area contributed by atoms with E-state index in [0.717, 1.165) is 52.2 Å². The highest BCUT2D eigenvalue weighted by Gasteiger charge is 2.35. The number of aliphatic imine (C=N–C) groups is 1. The molecule has 1 aliphatic rings. The smallest absolute Gasteiger partial charge is 0.305 e. The van der Waals surface area contributed by atoms with Gasteiger partial charge in [0, 0.05) is 23.1 Å². The third kappa shape index (κ3) is 6.53. The Morgan fingerprint density at radius 3 is 2.32 bits per heavy atom. The minimum atomic E-state index is -0.528. The Hall–Kier alpha value is -3.29. The molecule has 0 aromatic heterocycles. The predicted molar refractivity (Wildman–Crippen MR) is 152 cm³/mol. The molecule has 1 N–H and O–H groups in total. The van der Waals surface area contributed by atoms with E-state index in [1.54, 1.807) is 0 Å². The summed E-state index contributed by atoms with van der Waals surface area (Å²) in [6.07, 6.45) is 0.915. The summed E-state index contributed by atoms with van der Waals surface area (Å²) in [5, 5.41) is 3.01. The second-order valence-electron chi connectivity index (χ2n) is 9.05. The van der Waals surface area contributed by atoms with Gasteiger partial charge >= 0.3 is 5.97 Å². The molecule has 1 amide bonds. The molecule has 3 aromatic carbocycles. The first-order valence-corrected chi connectivity index (χ1v) is 13.4. The van der Waals surface area contributed by atoms with Crippen LogP contribution in [-0.4, -0.2) is 42.7 Å². The summed E-state index contributed by atoms with van der Waals surface area (Å²) in [7, 11) is 1.40. The number of nitrogens with one attached hydrogen (secondary N) is 1. The van der Waals surface area contributed by atoms with Crippen molar-refractivity contribution in [3.05, 3.63) is 93.5 Å². The van der Waals surface area contributed by atoms with Gasteiger partial charge in [0.25, 0.3) is 0 Å². The van der Waals surface area contributed by atoms with E-state index < -0.39 is 5.92 Å². The second kappa shape index (κ2) is 12.3. The molecule has 1 heterocycles. The van der Waals surface area contributed by atoms with E-state index >= 15 is 0 Å². The van der Waals surface area contributed by atoms with Crippen LogP contribution in [0.25, 0.3) is 0 Å².